The number of rotatable bonds is 9. The fraction of sp³-hybridized carbons (Fsp3) is 0.533. The Labute approximate surface area is 162 Å². The summed E-state index contributed by atoms with van der Waals surface area (Å²) in [5.41, 5.74) is 0. The van der Waals surface area contributed by atoms with Crippen LogP contribution in [0.15, 0.2) is 28.5 Å². The minimum atomic E-state index is -3.96. The van der Waals surface area contributed by atoms with Gasteiger partial charge in [-0.25, -0.2) is 14.6 Å². The fourth-order valence-electron chi connectivity index (χ4n) is 2.13. The van der Waals surface area contributed by atoms with E-state index in [1.807, 2.05) is 6.92 Å². The quantitative estimate of drug-likeness (QED) is 0.482. The summed E-state index contributed by atoms with van der Waals surface area (Å²) in [6.45, 7) is 6.77. The zero-order valence-corrected chi connectivity index (χ0v) is 17.0. The SMILES string of the molecule is CCCN(C(=O)N(CC)OCC)c1nnc(S(=O)(=O)NC2=CC=CCO2)s1. The molecule has 0 aliphatic carbocycles. The van der Waals surface area contributed by atoms with Gasteiger partial charge in [-0.2, -0.15) is 8.42 Å². The van der Waals surface area contributed by atoms with Gasteiger partial charge in [0.1, 0.15) is 6.61 Å². The molecular weight excluding hydrogens is 394 g/mol. The van der Waals surface area contributed by atoms with Crippen molar-refractivity contribution in [3.63, 3.8) is 0 Å². The molecule has 2 heterocycles. The van der Waals surface area contributed by atoms with Gasteiger partial charge < -0.3 is 4.74 Å². The van der Waals surface area contributed by atoms with Gasteiger partial charge in [0.25, 0.3) is 14.4 Å². The molecular formula is C15H23N5O5S2. The van der Waals surface area contributed by atoms with E-state index in [9.17, 15) is 13.2 Å². The number of sulfonamides is 1. The minimum Gasteiger partial charge on any atom is -0.474 e. The second-order valence-electron chi connectivity index (χ2n) is 5.27. The third kappa shape index (κ3) is 5.40. The first-order valence-corrected chi connectivity index (χ1v) is 10.8. The van der Waals surface area contributed by atoms with Gasteiger partial charge in [-0.15, -0.1) is 10.2 Å². The highest BCUT2D eigenvalue weighted by atomic mass is 32.2. The summed E-state index contributed by atoms with van der Waals surface area (Å²) in [6.07, 6.45) is 5.58. The summed E-state index contributed by atoms with van der Waals surface area (Å²) >= 11 is 0.800. The second-order valence-corrected chi connectivity index (χ2v) is 8.08. The van der Waals surface area contributed by atoms with Crippen LogP contribution in [0.25, 0.3) is 0 Å². The number of hydrogen-bond acceptors (Lipinski definition) is 8. The molecule has 2 rings (SSSR count). The lowest BCUT2D eigenvalue weighted by Crippen LogP contribution is -2.43. The average Bonchev–Trinajstić information content (AvgIpc) is 3.15. The highest BCUT2D eigenvalue weighted by Gasteiger charge is 2.28. The molecule has 0 unspecified atom stereocenters. The summed E-state index contributed by atoms with van der Waals surface area (Å²) < 4.78 is 32.2. The molecule has 2 amide bonds. The molecule has 0 saturated carbocycles. The van der Waals surface area contributed by atoms with Crippen molar-refractivity contribution >= 4 is 32.5 Å². The van der Waals surface area contributed by atoms with Crippen LogP contribution in [0.4, 0.5) is 9.93 Å². The number of carbonyl (C=O) groups is 1. The van der Waals surface area contributed by atoms with E-state index in [1.165, 1.54) is 16.0 Å². The number of urea groups is 1. The van der Waals surface area contributed by atoms with Crippen LogP contribution in [0.2, 0.25) is 0 Å². The van der Waals surface area contributed by atoms with Crippen molar-refractivity contribution in [3.05, 3.63) is 24.1 Å². The Morgan fingerprint density at radius 3 is 2.74 bits per heavy atom. The molecule has 0 bridgehead atoms. The molecule has 10 nitrogen and oxygen atoms in total. The van der Waals surface area contributed by atoms with Crippen LogP contribution in [0.5, 0.6) is 0 Å². The van der Waals surface area contributed by atoms with E-state index in [2.05, 4.69) is 14.9 Å². The lowest BCUT2D eigenvalue weighted by atomic mass is 10.4. The third-order valence-corrected chi connectivity index (χ3v) is 5.93. The summed E-state index contributed by atoms with van der Waals surface area (Å²) in [6, 6.07) is -0.419. The van der Waals surface area contributed by atoms with Gasteiger partial charge in [0.15, 0.2) is 0 Å². The van der Waals surface area contributed by atoms with Gasteiger partial charge in [0, 0.05) is 13.1 Å². The van der Waals surface area contributed by atoms with Crippen molar-refractivity contribution in [3.8, 4) is 0 Å². The zero-order chi connectivity index (χ0) is 19.9. The molecule has 0 fully saturated rings. The number of ether oxygens (including phenoxy) is 1. The summed E-state index contributed by atoms with van der Waals surface area (Å²) in [5, 5.41) is 9.01. The maximum atomic E-state index is 12.7. The predicted molar refractivity (Wildman–Crippen MR) is 100 cm³/mol. The van der Waals surface area contributed by atoms with E-state index < -0.39 is 16.1 Å². The van der Waals surface area contributed by atoms with E-state index in [1.54, 1.807) is 26.0 Å². The Morgan fingerprint density at radius 2 is 2.15 bits per heavy atom. The van der Waals surface area contributed by atoms with Crippen molar-refractivity contribution in [2.45, 2.75) is 31.5 Å². The van der Waals surface area contributed by atoms with Gasteiger partial charge in [-0.3, -0.25) is 9.74 Å². The van der Waals surface area contributed by atoms with Gasteiger partial charge >= 0.3 is 6.03 Å². The molecule has 12 heteroatoms. The number of allylic oxidation sites excluding steroid dienone is 2. The molecule has 0 aromatic carbocycles. The Kier molecular flexibility index (Phi) is 7.56. The summed E-state index contributed by atoms with van der Waals surface area (Å²) in [5.74, 6) is 0.101. The van der Waals surface area contributed by atoms with Crippen LogP contribution >= 0.6 is 11.3 Å². The molecule has 1 aliphatic rings. The van der Waals surface area contributed by atoms with Crippen LogP contribution in [-0.4, -0.2) is 56.0 Å². The number of nitrogens with one attached hydrogen (secondary N) is 1. The highest BCUT2D eigenvalue weighted by molar-refractivity contribution is 7.91. The van der Waals surface area contributed by atoms with E-state index in [0.717, 1.165) is 11.3 Å². The predicted octanol–water partition coefficient (Wildman–Crippen LogP) is 1.85. The van der Waals surface area contributed by atoms with Crippen molar-refractivity contribution < 1.29 is 22.8 Å². The molecule has 150 valence electrons. The number of anilines is 1. The Hall–Kier alpha value is -2.18. The van der Waals surface area contributed by atoms with Gasteiger partial charge in [0.2, 0.25) is 11.0 Å². The van der Waals surface area contributed by atoms with Crippen LogP contribution in [0, 0.1) is 0 Å². The molecule has 0 spiro atoms. The minimum absolute atomic E-state index is 0.101. The zero-order valence-electron chi connectivity index (χ0n) is 15.4. The molecule has 27 heavy (non-hydrogen) atoms. The molecule has 0 radical (unpaired) electrons. The Balaban J connectivity index is 2.22. The monoisotopic (exact) mass is 417 g/mol. The number of carbonyl (C=O) groups excluding carboxylic acids is 1. The van der Waals surface area contributed by atoms with Gasteiger partial charge in [-0.1, -0.05) is 24.3 Å². The lowest BCUT2D eigenvalue weighted by Gasteiger charge is -2.26. The fourth-order valence-corrected chi connectivity index (χ4v) is 4.14. The highest BCUT2D eigenvalue weighted by Crippen LogP contribution is 2.25. The first-order valence-electron chi connectivity index (χ1n) is 8.50. The number of amides is 2. The second kappa shape index (κ2) is 9.67. The lowest BCUT2D eigenvalue weighted by molar-refractivity contribution is -0.106. The van der Waals surface area contributed by atoms with Crippen LogP contribution in [-0.2, 0) is 19.6 Å². The van der Waals surface area contributed by atoms with E-state index >= 15 is 0 Å². The molecule has 1 N–H and O–H groups in total. The summed E-state index contributed by atoms with van der Waals surface area (Å²) in [7, 11) is -3.96. The molecule has 1 aliphatic heterocycles. The number of hydrogen-bond donors (Lipinski definition) is 1. The maximum Gasteiger partial charge on any atom is 0.350 e. The van der Waals surface area contributed by atoms with Crippen molar-refractivity contribution in [1.82, 2.24) is 20.0 Å². The molecule has 0 atom stereocenters. The van der Waals surface area contributed by atoms with E-state index in [4.69, 9.17) is 9.57 Å². The molecule has 0 saturated heterocycles. The Bertz CT molecular complexity index is 805. The van der Waals surface area contributed by atoms with E-state index in [0.29, 0.717) is 26.1 Å². The van der Waals surface area contributed by atoms with Gasteiger partial charge in [0.05, 0.1) is 6.61 Å². The van der Waals surface area contributed by atoms with Crippen molar-refractivity contribution in [2.24, 2.45) is 0 Å². The topological polar surface area (TPSA) is 114 Å². The van der Waals surface area contributed by atoms with Crippen LogP contribution in [0.3, 0.4) is 0 Å². The normalized spacial score (nSPS) is 13.7. The first kappa shape index (κ1) is 21.1. The van der Waals surface area contributed by atoms with Crippen molar-refractivity contribution in [1.29, 1.82) is 0 Å². The largest absolute Gasteiger partial charge is 0.474 e. The smallest absolute Gasteiger partial charge is 0.350 e. The maximum absolute atomic E-state index is 12.7. The summed E-state index contributed by atoms with van der Waals surface area (Å²) in [4.78, 5) is 19.4. The first-order chi connectivity index (χ1) is 12.9. The number of aromatic nitrogens is 2. The molecule has 1 aromatic heterocycles. The molecule has 1 aromatic rings. The number of hydroxylamine groups is 2. The van der Waals surface area contributed by atoms with Gasteiger partial charge in [-0.05, 0) is 32.4 Å². The van der Waals surface area contributed by atoms with E-state index in [-0.39, 0.29) is 22.0 Å². The average molecular weight is 418 g/mol. The van der Waals surface area contributed by atoms with Crippen LogP contribution in [0.1, 0.15) is 27.2 Å². The third-order valence-electron chi connectivity index (χ3n) is 3.27. The number of nitrogens with zero attached hydrogens (tertiary/aromatic N) is 4. The standard InChI is InChI=1S/C15H23N5O5S2/c1-4-10-19(15(21)20(5-2)25-6-3)13-16-17-14(26-13)27(22,23)18-12-9-7-8-11-24-12/h7-9,18H,4-6,10-11H2,1-3H3. The Morgan fingerprint density at radius 1 is 1.37 bits per heavy atom. The van der Waals surface area contributed by atoms with Crippen molar-refractivity contribution in [2.75, 3.05) is 31.2 Å². The van der Waals surface area contributed by atoms with Crippen LogP contribution < -0.4 is 9.62 Å².